The largest absolute Gasteiger partial charge is 0.375 e. The zero-order chi connectivity index (χ0) is 19.7. The Morgan fingerprint density at radius 1 is 0.750 bits per heavy atom. The zero-order valence-electron chi connectivity index (χ0n) is 15.3. The molecule has 0 fully saturated rings. The highest BCUT2D eigenvalue weighted by atomic mass is 35.5. The molecule has 4 heteroatoms. The summed E-state index contributed by atoms with van der Waals surface area (Å²) in [5.74, 6) is -0.344. The van der Waals surface area contributed by atoms with Gasteiger partial charge in [-0.2, -0.15) is 0 Å². The van der Waals surface area contributed by atoms with Crippen LogP contribution in [0, 0.1) is 0 Å². The maximum Gasteiger partial charge on any atom is 0.210 e. The molecule has 1 aliphatic rings. The predicted molar refractivity (Wildman–Crippen MR) is 111 cm³/mol. The van der Waals surface area contributed by atoms with Gasteiger partial charge in [-0.05, 0) is 30.2 Å². The van der Waals surface area contributed by atoms with Gasteiger partial charge in [0.25, 0.3) is 0 Å². The standard InChI is InChI=1S/C24H18ClNO2/c1-15(16-7-3-2-4-8-16)26-22-21(17-11-13-18(25)14-12-17)23(27)19-9-5-6-10-20(19)24(22)28/h2-15,26H,1H3. The lowest BCUT2D eigenvalue weighted by atomic mass is 9.83. The van der Waals surface area contributed by atoms with Gasteiger partial charge in [0.15, 0.2) is 5.78 Å². The van der Waals surface area contributed by atoms with Gasteiger partial charge >= 0.3 is 0 Å². The van der Waals surface area contributed by atoms with Crippen LogP contribution >= 0.6 is 11.6 Å². The highest BCUT2D eigenvalue weighted by Crippen LogP contribution is 2.33. The average Bonchev–Trinajstić information content (AvgIpc) is 2.73. The molecule has 1 atom stereocenters. The molecule has 0 radical (unpaired) electrons. The Morgan fingerprint density at radius 3 is 1.96 bits per heavy atom. The molecule has 0 heterocycles. The maximum atomic E-state index is 13.3. The fourth-order valence-corrected chi connectivity index (χ4v) is 3.57. The maximum absolute atomic E-state index is 13.3. The molecule has 138 valence electrons. The van der Waals surface area contributed by atoms with E-state index in [1.807, 2.05) is 37.3 Å². The van der Waals surface area contributed by atoms with Crippen molar-refractivity contribution in [3.05, 3.63) is 112 Å². The molecule has 3 aromatic rings. The van der Waals surface area contributed by atoms with E-state index in [-0.39, 0.29) is 17.6 Å². The van der Waals surface area contributed by atoms with Crippen LogP contribution in [0.2, 0.25) is 5.02 Å². The number of rotatable bonds is 4. The minimum atomic E-state index is -0.178. The van der Waals surface area contributed by atoms with Gasteiger partial charge in [0.2, 0.25) is 5.78 Å². The number of ketones is 2. The van der Waals surface area contributed by atoms with E-state index in [1.165, 1.54) is 0 Å². The van der Waals surface area contributed by atoms with Crippen LogP contribution in [0.3, 0.4) is 0 Å². The third-order valence-electron chi connectivity index (χ3n) is 4.91. The molecule has 1 unspecified atom stereocenters. The number of carbonyl (C=O) groups is 2. The summed E-state index contributed by atoms with van der Waals surface area (Å²) in [7, 11) is 0. The highest BCUT2D eigenvalue weighted by Gasteiger charge is 2.33. The molecule has 0 bridgehead atoms. The third-order valence-corrected chi connectivity index (χ3v) is 5.17. The van der Waals surface area contributed by atoms with Crippen molar-refractivity contribution in [2.75, 3.05) is 0 Å². The van der Waals surface area contributed by atoms with Gasteiger partial charge in [-0.15, -0.1) is 0 Å². The van der Waals surface area contributed by atoms with Crippen LogP contribution < -0.4 is 5.32 Å². The minimum Gasteiger partial charge on any atom is -0.375 e. The molecule has 1 N–H and O–H groups in total. The first-order valence-corrected chi connectivity index (χ1v) is 9.44. The number of hydrogen-bond acceptors (Lipinski definition) is 3. The molecular weight excluding hydrogens is 370 g/mol. The van der Waals surface area contributed by atoms with Crippen molar-refractivity contribution in [2.45, 2.75) is 13.0 Å². The molecular formula is C24H18ClNO2. The second-order valence-electron chi connectivity index (χ2n) is 6.74. The van der Waals surface area contributed by atoms with Crippen LogP contribution in [0.4, 0.5) is 0 Å². The molecule has 0 saturated carbocycles. The van der Waals surface area contributed by atoms with Crippen LogP contribution in [-0.4, -0.2) is 11.6 Å². The highest BCUT2D eigenvalue weighted by molar-refractivity contribution is 6.40. The average molecular weight is 388 g/mol. The minimum absolute atomic E-state index is 0.138. The summed E-state index contributed by atoms with van der Waals surface area (Å²) >= 11 is 6.01. The van der Waals surface area contributed by atoms with Gasteiger partial charge in [0.1, 0.15) is 0 Å². The summed E-state index contributed by atoms with van der Waals surface area (Å²) in [5.41, 5.74) is 3.25. The topological polar surface area (TPSA) is 46.2 Å². The van der Waals surface area contributed by atoms with E-state index in [0.717, 1.165) is 5.56 Å². The quantitative estimate of drug-likeness (QED) is 0.644. The summed E-state index contributed by atoms with van der Waals surface area (Å²) in [6.45, 7) is 1.97. The third kappa shape index (κ3) is 3.25. The number of hydrogen-bond donors (Lipinski definition) is 1. The van der Waals surface area contributed by atoms with E-state index in [9.17, 15) is 9.59 Å². The predicted octanol–water partition coefficient (Wildman–Crippen LogP) is 5.48. The molecule has 3 aromatic carbocycles. The van der Waals surface area contributed by atoms with Crippen molar-refractivity contribution >= 4 is 28.7 Å². The van der Waals surface area contributed by atoms with E-state index >= 15 is 0 Å². The number of halogens is 1. The van der Waals surface area contributed by atoms with E-state index in [1.54, 1.807) is 48.5 Å². The molecule has 28 heavy (non-hydrogen) atoms. The normalized spacial score (nSPS) is 14.6. The zero-order valence-corrected chi connectivity index (χ0v) is 16.0. The van der Waals surface area contributed by atoms with Crippen LogP contribution in [0.1, 0.15) is 44.8 Å². The van der Waals surface area contributed by atoms with Crippen LogP contribution in [-0.2, 0) is 0 Å². The van der Waals surface area contributed by atoms with Gasteiger partial charge in [-0.3, -0.25) is 9.59 Å². The van der Waals surface area contributed by atoms with Gasteiger partial charge in [0, 0.05) is 22.2 Å². The Balaban J connectivity index is 1.85. The van der Waals surface area contributed by atoms with Gasteiger partial charge < -0.3 is 5.32 Å². The Kier molecular flexibility index (Phi) is 4.84. The van der Waals surface area contributed by atoms with E-state index < -0.39 is 0 Å². The van der Waals surface area contributed by atoms with E-state index in [4.69, 9.17) is 11.6 Å². The monoisotopic (exact) mass is 387 g/mol. The van der Waals surface area contributed by atoms with Crippen molar-refractivity contribution in [3.8, 4) is 0 Å². The first-order chi connectivity index (χ1) is 13.6. The second-order valence-corrected chi connectivity index (χ2v) is 7.17. The first-order valence-electron chi connectivity index (χ1n) is 9.06. The van der Waals surface area contributed by atoms with Crippen molar-refractivity contribution in [1.82, 2.24) is 5.32 Å². The molecule has 4 rings (SSSR count). The summed E-state index contributed by atoms with van der Waals surface area (Å²) in [6, 6.07) is 23.6. The second kappa shape index (κ2) is 7.45. The number of carbonyl (C=O) groups excluding carboxylic acids is 2. The number of nitrogens with one attached hydrogen (secondary N) is 1. The fourth-order valence-electron chi connectivity index (χ4n) is 3.45. The summed E-state index contributed by atoms with van der Waals surface area (Å²) in [6.07, 6.45) is 0. The Morgan fingerprint density at radius 2 is 1.32 bits per heavy atom. The van der Waals surface area contributed by atoms with Crippen molar-refractivity contribution in [2.24, 2.45) is 0 Å². The van der Waals surface area contributed by atoms with Crippen LogP contribution in [0.5, 0.6) is 0 Å². The van der Waals surface area contributed by atoms with E-state index in [2.05, 4.69) is 5.32 Å². The van der Waals surface area contributed by atoms with Crippen LogP contribution in [0.25, 0.3) is 5.57 Å². The lowest BCUT2D eigenvalue weighted by molar-refractivity contribution is 0.0984. The number of fused-ring (bicyclic) bond motifs is 1. The number of Topliss-reactive ketones (excluding diaryl/α,β-unsaturated/α-hetero) is 2. The molecule has 0 amide bonds. The Labute approximate surface area is 168 Å². The first kappa shape index (κ1) is 18.2. The lowest BCUT2D eigenvalue weighted by Gasteiger charge is -2.25. The molecule has 1 aliphatic carbocycles. The van der Waals surface area contributed by atoms with Crippen molar-refractivity contribution in [3.63, 3.8) is 0 Å². The molecule has 0 aromatic heterocycles. The molecule has 0 saturated heterocycles. The molecule has 0 aliphatic heterocycles. The summed E-state index contributed by atoms with van der Waals surface area (Å²) in [5, 5.41) is 3.87. The Bertz CT molecular complexity index is 1090. The molecule has 3 nitrogen and oxygen atoms in total. The Hall–Kier alpha value is -3.17. The fraction of sp³-hybridized carbons (Fsp3) is 0.0833. The van der Waals surface area contributed by atoms with Crippen LogP contribution in [0.15, 0.2) is 84.6 Å². The molecule has 0 spiro atoms. The van der Waals surface area contributed by atoms with Crippen molar-refractivity contribution < 1.29 is 9.59 Å². The summed E-state index contributed by atoms with van der Waals surface area (Å²) in [4.78, 5) is 26.6. The van der Waals surface area contributed by atoms with E-state index in [0.29, 0.717) is 33.0 Å². The number of allylic oxidation sites excluding steroid dienone is 2. The van der Waals surface area contributed by atoms with Gasteiger partial charge in [-0.25, -0.2) is 0 Å². The summed E-state index contributed by atoms with van der Waals surface area (Å²) < 4.78 is 0. The van der Waals surface area contributed by atoms with Gasteiger partial charge in [-0.1, -0.05) is 78.3 Å². The van der Waals surface area contributed by atoms with Crippen molar-refractivity contribution in [1.29, 1.82) is 0 Å². The number of benzene rings is 3. The SMILES string of the molecule is CC(NC1=C(c2ccc(Cl)cc2)C(=O)c2ccccc2C1=O)c1ccccc1. The lowest BCUT2D eigenvalue weighted by Crippen LogP contribution is -2.31. The van der Waals surface area contributed by atoms with Gasteiger partial charge in [0.05, 0.1) is 11.3 Å². The smallest absolute Gasteiger partial charge is 0.210 e.